The van der Waals surface area contributed by atoms with Crippen molar-refractivity contribution in [2.75, 3.05) is 0 Å². The maximum absolute atomic E-state index is 6.52. The smallest absolute Gasteiger partial charge is 0.128 e. The Kier molecular flexibility index (Phi) is 6.01. The van der Waals surface area contributed by atoms with Gasteiger partial charge in [0.05, 0.1) is 16.8 Å². The number of pyridine rings is 2. The van der Waals surface area contributed by atoms with Crippen LogP contribution in [0.3, 0.4) is 0 Å². The lowest BCUT2D eigenvalue weighted by Gasteiger charge is -2.47. The molecular weight excluding hydrogens is 500 g/mol. The van der Waals surface area contributed by atoms with Gasteiger partial charge in [-0.15, -0.1) is 0 Å². The van der Waals surface area contributed by atoms with E-state index in [1.165, 1.54) is 22.3 Å². The topological polar surface area (TPSA) is 35.0 Å². The molecule has 0 unspecified atom stereocenters. The van der Waals surface area contributed by atoms with Gasteiger partial charge in [0.1, 0.15) is 11.5 Å². The number of nitrogens with zero attached hydrogens (tertiary/aromatic N) is 2. The Labute approximate surface area is 241 Å². The third-order valence-corrected chi connectivity index (χ3v) is 8.36. The first kappa shape index (κ1) is 25.0. The molecule has 1 aliphatic carbocycles. The lowest BCUT2D eigenvalue weighted by molar-refractivity contribution is 0.480. The van der Waals surface area contributed by atoms with Gasteiger partial charge >= 0.3 is 0 Å². The van der Waals surface area contributed by atoms with Crippen LogP contribution < -0.4 is 4.74 Å². The van der Waals surface area contributed by atoms with Crippen LogP contribution in [0.1, 0.15) is 47.4 Å². The van der Waals surface area contributed by atoms with Crippen molar-refractivity contribution in [2.24, 2.45) is 0 Å². The van der Waals surface area contributed by atoms with E-state index in [1.54, 1.807) is 0 Å². The van der Waals surface area contributed by atoms with E-state index in [4.69, 9.17) is 9.72 Å². The zero-order valence-corrected chi connectivity index (χ0v) is 23.2. The van der Waals surface area contributed by atoms with E-state index in [0.29, 0.717) is 0 Å². The molecule has 0 spiro atoms. The predicted molar refractivity (Wildman–Crippen MR) is 164 cm³/mol. The van der Waals surface area contributed by atoms with Crippen molar-refractivity contribution in [2.45, 2.75) is 24.7 Å². The zero-order chi connectivity index (χ0) is 27.9. The molecule has 3 heteroatoms. The van der Waals surface area contributed by atoms with Crippen molar-refractivity contribution in [1.82, 2.24) is 9.97 Å². The van der Waals surface area contributed by atoms with Crippen molar-refractivity contribution in [3.05, 3.63) is 179 Å². The molecule has 0 aliphatic heterocycles. The molecule has 2 aromatic heterocycles. The molecule has 0 saturated carbocycles. The summed E-state index contributed by atoms with van der Waals surface area (Å²) in [6, 6.07) is 46.4. The number of fused-ring (bicyclic) bond motifs is 2. The van der Waals surface area contributed by atoms with Gasteiger partial charge in [-0.25, -0.2) is 0 Å². The summed E-state index contributed by atoms with van der Waals surface area (Å²) < 4.78 is 6.52. The van der Waals surface area contributed by atoms with Gasteiger partial charge in [-0.3, -0.25) is 9.97 Å². The highest BCUT2D eigenvalue weighted by Gasteiger charge is 2.49. The summed E-state index contributed by atoms with van der Waals surface area (Å²) in [5.74, 6) is 1.54. The summed E-state index contributed by atoms with van der Waals surface area (Å²) in [6.45, 7) is 4.64. The van der Waals surface area contributed by atoms with Crippen LogP contribution in [0.25, 0.3) is 11.3 Å². The minimum atomic E-state index is -0.612. The summed E-state index contributed by atoms with van der Waals surface area (Å²) in [4.78, 5) is 9.51. The predicted octanol–water partition coefficient (Wildman–Crippen LogP) is 8.96. The summed E-state index contributed by atoms with van der Waals surface area (Å²) >= 11 is 0. The van der Waals surface area contributed by atoms with Crippen molar-refractivity contribution >= 4 is 0 Å². The first-order valence-corrected chi connectivity index (χ1v) is 14.0. The number of benzene rings is 4. The molecule has 0 saturated heterocycles. The normalized spacial score (nSPS) is 14.5. The van der Waals surface area contributed by atoms with Gasteiger partial charge in [0, 0.05) is 23.4 Å². The molecule has 0 atom stereocenters. The van der Waals surface area contributed by atoms with Crippen LogP contribution in [0.2, 0.25) is 0 Å². The monoisotopic (exact) mass is 530 g/mol. The average Bonchev–Trinajstić information content (AvgIpc) is 3.03. The number of aromatic nitrogens is 2. The second-order valence-electron chi connectivity index (χ2n) is 11.1. The van der Waals surface area contributed by atoms with Crippen LogP contribution in [-0.2, 0) is 10.8 Å². The fourth-order valence-electron chi connectivity index (χ4n) is 6.50. The van der Waals surface area contributed by atoms with E-state index < -0.39 is 5.41 Å². The summed E-state index contributed by atoms with van der Waals surface area (Å²) in [5.41, 5.74) is 8.37. The molecule has 3 nitrogen and oxygen atoms in total. The molecule has 1 aliphatic rings. The Balaban J connectivity index is 1.43. The highest BCUT2D eigenvalue weighted by atomic mass is 16.5. The fraction of sp³-hybridized carbons (Fsp3) is 0.105. The van der Waals surface area contributed by atoms with Gasteiger partial charge in [0.25, 0.3) is 0 Å². The second-order valence-corrected chi connectivity index (χ2v) is 11.1. The number of rotatable bonds is 5. The van der Waals surface area contributed by atoms with Gasteiger partial charge in [-0.1, -0.05) is 98.8 Å². The van der Waals surface area contributed by atoms with Gasteiger partial charge in [0.2, 0.25) is 0 Å². The zero-order valence-electron chi connectivity index (χ0n) is 23.2. The Hall–Kier alpha value is -5.02. The molecule has 0 fully saturated rings. The molecule has 7 rings (SSSR count). The highest BCUT2D eigenvalue weighted by molar-refractivity contribution is 5.69. The van der Waals surface area contributed by atoms with Crippen molar-refractivity contribution in [3.63, 3.8) is 0 Å². The van der Waals surface area contributed by atoms with Crippen LogP contribution in [0.5, 0.6) is 11.5 Å². The van der Waals surface area contributed by atoms with Crippen LogP contribution in [-0.4, -0.2) is 9.97 Å². The second kappa shape index (κ2) is 9.87. The molecule has 4 aromatic carbocycles. The maximum Gasteiger partial charge on any atom is 0.128 e. The lowest BCUT2D eigenvalue weighted by Crippen LogP contribution is -2.42. The third kappa shape index (κ3) is 4.05. The van der Waals surface area contributed by atoms with E-state index in [1.807, 2.05) is 60.9 Å². The lowest BCUT2D eigenvalue weighted by atomic mass is 9.55. The van der Waals surface area contributed by atoms with E-state index in [9.17, 15) is 0 Å². The number of hydrogen-bond donors (Lipinski definition) is 0. The number of hydrogen-bond acceptors (Lipinski definition) is 3. The van der Waals surface area contributed by atoms with Crippen molar-refractivity contribution in [3.8, 4) is 22.8 Å². The molecule has 41 heavy (non-hydrogen) atoms. The molecule has 0 bridgehead atoms. The Bertz CT molecular complexity index is 1790. The standard InChI is InChI=1S/C38H30N2O/c1-37(2)31-17-3-5-19-33(31)38(36-22-8-10-24-40-36,34-20-6-4-18-32(34)37)28-14-12-16-30(26-28)41-29-15-11-13-27(25-29)35-21-7-9-23-39-35/h3-26H,1-2H3. The molecule has 0 amide bonds. The minimum absolute atomic E-state index is 0.161. The average molecular weight is 531 g/mol. The van der Waals surface area contributed by atoms with Crippen LogP contribution in [0, 0.1) is 0 Å². The summed E-state index contributed by atoms with van der Waals surface area (Å²) in [7, 11) is 0. The van der Waals surface area contributed by atoms with Crippen LogP contribution in [0.15, 0.2) is 146 Å². The molecular formula is C38H30N2O. The van der Waals surface area contributed by atoms with Crippen molar-refractivity contribution < 1.29 is 4.74 Å². The Morgan fingerprint density at radius 3 is 1.73 bits per heavy atom. The van der Waals surface area contributed by atoms with Crippen molar-refractivity contribution in [1.29, 1.82) is 0 Å². The van der Waals surface area contributed by atoms with E-state index in [-0.39, 0.29) is 5.41 Å². The molecule has 6 aromatic rings. The largest absolute Gasteiger partial charge is 0.457 e. The summed E-state index contributed by atoms with van der Waals surface area (Å²) in [6.07, 6.45) is 3.70. The SMILES string of the molecule is CC1(C)c2ccccc2C(c2cccc(Oc3cccc(-c4ccccn4)c3)c2)(c2ccccn2)c2ccccc21. The van der Waals surface area contributed by atoms with E-state index in [2.05, 4.69) is 104 Å². The molecule has 198 valence electrons. The Morgan fingerprint density at radius 2 is 1.10 bits per heavy atom. The van der Waals surface area contributed by atoms with E-state index in [0.717, 1.165) is 34.0 Å². The molecule has 0 N–H and O–H groups in total. The van der Waals surface area contributed by atoms with Gasteiger partial charge < -0.3 is 4.74 Å². The maximum atomic E-state index is 6.52. The molecule has 2 heterocycles. The van der Waals surface area contributed by atoms with Gasteiger partial charge in [-0.05, 0) is 76.3 Å². The van der Waals surface area contributed by atoms with Gasteiger partial charge in [-0.2, -0.15) is 0 Å². The first-order valence-electron chi connectivity index (χ1n) is 14.0. The summed E-state index contributed by atoms with van der Waals surface area (Å²) in [5, 5.41) is 0. The quantitative estimate of drug-likeness (QED) is 0.223. The first-order chi connectivity index (χ1) is 20.1. The Morgan fingerprint density at radius 1 is 0.512 bits per heavy atom. The minimum Gasteiger partial charge on any atom is -0.457 e. The third-order valence-electron chi connectivity index (χ3n) is 8.36. The van der Waals surface area contributed by atoms with Crippen LogP contribution in [0.4, 0.5) is 0 Å². The van der Waals surface area contributed by atoms with E-state index >= 15 is 0 Å². The highest BCUT2D eigenvalue weighted by Crippen LogP contribution is 2.55. The number of ether oxygens (including phenoxy) is 1. The van der Waals surface area contributed by atoms with Gasteiger partial charge in [0.15, 0.2) is 0 Å². The fourth-order valence-corrected chi connectivity index (χ4v) is 6.50. The van der Waals surface area contributed by atoms with Crippen LogP contribution >= 0.6 is 0 Å². The molecule has 0 radical (unpaired) electrons.